The lowest BCUT2D eigenvalue weighted by Gasteiger charge is -2.24. The Morgan fingerprint density at radius 3 is 2.50 bits per heavy atom. The summed E-state index contributed by atoms with van der Waals surface area (Å²) in [5.41, 5.74) is -0.272. The molecule has 0 bridgehead atoms. The van der Waals surface area contributed by atoms with E-state index in [4.69, 9.17) is 9.47 Å². The van der Waals surface area contributed by atoms with Crippen LogP contribution >= 0.6 is 0 Å². The van der Waals surface area contributed by atoms with Gasteiger partial charge >= 0.3 is 0 Å². The summed E-state index contributed by atoms with van der Waals surface area (Å²) >= 11 is 0. The Balaban J connectivity index is 2.34. The monoisotopic (exact) mass is 201 g/mol. The van der Waals surface area contributed by atoms with Gasteiger partial charge in [-0.3, -0.25) is 4.79 Å². The molecule has 0 radical (unpaired) electrons. The Hall–Kier alpha value is -0.610. The number of rotatable bonds is 3. The first kappa shape index (κ1) is 11.5. The summed E-state index contributed by atoms with van der Waals surface area (Å²) in [4.78, 5) is 10.7. The number of nitrogens with one attached hydrogen (secondary N) is 1. The van der Waals surface area contributed by atoms with E-state index in [2.05, 4.69) is 5.32 Å². The van der Waals surface area contributed by atoms with Gasteiger partial charge in [-0.1, -0.05) is 0 Å². The van der Waals surface area contributed by atoms with Crippen molar-refractivity contribution in [1.82, 2.24) is 5.32 Å². The molecule has 4 heteroatoms. The van der Waals surface area contributed by atoms with E-state index in [9.17, 15) is 4.79 Å². The van der Waals surface area contributed by atoms with Gasteiger partial charge in [-0.05, 0) is 27.2 Å². The first-order chi connectivity index (χ1) is 6.33. The van der Waals surface area contributed by atoms with Crippen LogP contribution in [0.1, 0.15) is 34.1 Å². The molecule has 1 aliphatic rings. The van der Waals surface area contributed by atoms with Crippen LogP contribution in [0, 0.1) is 0 Å². The molecule has 1 N–H and O–H groups in total. The van der Waals surface area contributed by atoms with Gasteiger partial charge in [0, 0.05) is 13.5 Å². The van der Waals surface area contributed by atoms with Crippen LogP contribution < -0.4 is 5.32 Å². The van der Waals surface area contributed by atoms with Crippen molar-refractivity contribution in [3.63, 3.8) is 0 Å². The van der Waals surface area contributed by atoms with Gasteiger partial charge in [-0.2, -0.15) is 0 Å². The van der Waals surface area contributed by atoms with Crippen molar-refractivity contribution in [3.05, 3.63) is 0 Å². The number of amides is 1. The fraction of sp³-hybridized carbons (Fsp3) is 0.900. The molecular weight excluding hydrogens is 182 g/mol. The summed E-state index contributed by atoms with van der Waals surface area (Å²) in [6, 6.07) is 0. The van der Waals surface area contributed by atoms with Gasteiger partial charge < -0.3 is 14.8 Å². The van der Waals surface area contributed by atoms with E-state index in [1.165, 1.54) is 6.92 Å². The number of carbonyl (C=O) groups excluding carboxylic acids is 1. The molecule has 14 heavy (non-hydrogen) atoms. The maximum atomic E-state index is 10.7. The molecule has 1 heterocycles. The maximum Gasteiger partial charge on any atom is 0.216 e. The quantitative estimate of drug-likeness (QED) is 0.742. The molecule has 1 fully saturated rings. The molecule has 0 aromatic carbocycles. The van der Waals surface area contributed by atoms with Crippen LogP contribution in [0.25, 0.3) is 0 Å². The Bertz CT molecular complexity index is 227. The highest BCUT2D eigenvalue weighted by molar-refractivity contribution is 5.72. The highest BCUT2D eigenvalue weighted by Gasteiger charge is 2.41. The minimum absolute atomic E-state index is 0.00762. The van der Waals surface area contributed by atoms with E-state index >= 15 is 0 Å². The fourth-order valence-electron chi connectivity index (χ4n) is 1.60. The van der Waals surface area contributed by atoms with Crippen LogP contribution in [-0.4, -0.2) is 30.4 Å². The lowest BCUT2D eigenvalue weighted by molar-refractivity contribution is -0.158. The second kappa shape index (κ2) is 3.87. The van der Waals surface area contributed by atoms with Crippen LogP contribution in [0.15, 0.2) is 0 Å². The molecule has 0 spiro atoms. The average Bonchev–Trinajstić information content (AvgIpc) is 2.25. The first-order valence-electron chi connectivity index (χ1n) is 4.92. The number of carbonyl (C=O) groups is 1. The number of hydrogen-bond acceptors (Lipinski definition) is 3. The Morgan fingerprint density at radius 1 is 1.43 bits per heavy atom. The number of ether oxygens (including phenoxy) is 2. The Morgan fingerprint density at radius 2 is 2.07 bits per heavy atom. The molecule has 1 aliphatic heterocycles. The summed E-state index contributed by atoms with van der Waals surface area (Å²) < 4.78 is 11.2. The van der Waals surface area contributed by atoms with Crippen molar-refractivity contribution in [3.8, 4) is 0 Å². The van der Waals surface area contributed by atoms with Crippen LogP contribution in [0.5, 0.6) is 0 Å². The summed E-state index contributed by atoms with van der Waals surface area (Å²) in [5, 5.41) is 2.75. The van der Waals surface area contributed by atoms with E-state index in [0.29, 0.717) is 13.2 Å². The van der Waals surface area contributed by atoms with Crippen LogP contribution in [0.3, 0.4) is 0 Å². The van der Waals surface area contributed by atoms with E-state index in [-0.39, 0.29) is 11.5 Å². The van der Waals surface area contributed by atoms with Gasteiger partial charge in [0.05, 0.1) is 12.2 Å². The summed E-state index contributed by atoms with van der Waals surface area (Å²) in [5.74, 6) is -0.503. The fourth-order valence-corrected chi connectivity index (χ4v) is 1.60. The normalized spacial score (nSPS) is 30.3. The third-order valence-corrected chi connectivity index (χ3v) is 2.25. The molecule has 0 unspecified atom stereocenters. The van der Waals surface area contributed by atoms with Gasteiger partial charge in [0.1, 0.15) is 0 Å². The van der Waals surface area contributed by atoms with E-state index < -0.39 is 5.79 Å². The maximum absolute atomic E-state index is 10.7. The predicted molar refractivity (Wildman–Crippen MR) is 52.8 cm³/mol. The lowest BCUT2D eigenvalue weighted by Crippen LogP contribution is -2.35. The predicted octanol–water partition coefficient (Wildman–Crippen LogP) is 1.05. The minimum Gasteiger partial charge on any atom is -0.356 e. The van der Waals surface area contributed by atoms with Crippen molar-refractivity contribution >= 4 is 5.91 Å². The van der Waals surface area contributed by atoms with Crippen molar-refractivity contribution in [2.45, 2.75) is 45.5 Å². The molecule has 1 atom stereocenters. The smallest absolute Gasteiger partial charge is 0.216 e. The molecular formula is C10H19NO3. The highest BCUT2D eigenvalue weighted by Crippen LogP contribution is 2.32. The van der Waals surface area contributed by atoms with Gasteiger partial charge in [-0.25, -0.2) is 0 Å². The molecule has 0 aromatic heterocycles. The molecule has 1 amide bonds. The third-order valence-electron chi connectivity index (χ3n) is 2.25. The van der Waals surface area contributed by atoms with Gasteiger partial charge in [0.25, 0.3) is 0 Å². The average molecular weight is 201 g/mol. The SMILES string of the molecule is CC(=O)NCC[C@@]1(C)COC(C)(C)O1. The van der Waals surface area contributed by atoms with Crippen LogP contribution in [0.2, 0.25) is 0 Å². The molecule has 4 nitrogen and oxygen atoms in total. The van der Waals surface area contributed by atoms with Crippen LogP contribution in [0.4, 0.5) is 0 Å². The van der Waals surface area contributed by atoms with Crippen molar-refractivity contribution in [2.24, 2.45) is 0 Å². The summed E-state index contributed by atoms with van der Waals surface area (Å²) in [7, 11) is 0. The van der Waals surface area contributed by atoms with Crippen molar-refractivity contribution < 1.29 is 14.3 Å². The van der Waals surface area contributed by atoms with Crippen LogP contribution in [-0.2, 0) is 14.3 Å². The Labute approximate surface area is 85.0 Å². The topological polar surface area (TPSA) is 47.6 Å². The summed E-state index contributed by atoms with van der Waals surface area (Å²) in [6.45, 7) is 8.53. The zero-order valence-electron chi connectivity index (χ0n) is 9.35. The van der Waals surface area contributed by atoms with Gasteiger partial charge in [0.15, 0.2) is 5.79 Å². The minimum atomic E-state index is -0.495. The standard InChI is InChI=1S/C10H19NO3/c1-8(12)11-6-5-10(4)7-13-9(2,3)14-10/h5-7H2,1-4H3,(H,11,12)/t10-/m0/s1. The largest absolute Gasteiger partial charge is 0.356 e. The van der Waals surface area contributed by atoms with E-state index in [0.717, 1.165) is 6.42 Å². The van der Waals surface area contributed by atoms with E-state index in [1.54, 1.807) is 0 Å². The van der Waals surface area contributed by atoms with Gasteiger partial charge in [0.2, 0.25) is 5.91 Å². The molecule has 1 rings (SSSR count). The third kappa shape index (κ3) is 3.27. The first-order valence-corrected chi connectivity index (χ1v) is 4.92. The second-order valence-electron chi connectivity index (χ2n) is 4.47. The van der Waals surface area contributed by atoms with E-state index in [1.807, 2.05) is 20.8 Å². The van der Waals surface area contributed by atoms with Crippen molar-refractivity contribution in [2.75, 3.05) is 13.2 Å². The van der Waals surface area contributed by atoms with Crippen molar-refractivity contribution in [1.29, 1.82) is 0 Å². The Kier molecular flexibility index (Phi) is 3.17. The summed E-state index contributed by atoms with van der Waals surface area (Å²) in [6.07, 6.45) is 0.774. The van der Waals surface area contributed by atoms with Gasteiger partial charge in [-0.15, -0.1) is 0 Å². The zero-order chi connectivity index (χ0) is 10.8. The molecule has 82 valence electrons. The molecule has 0 aromatic rings. The molecule has 1 saturated heterocycles. The zero-order valence-corrected chi connectivity index (χ0v) is 9.35. The molecule has 0 aliphatic carbocycles. The second-order valence-corrected chi connectivity index (χ2v) is 4.47. The lowest BCUT2D eigenvalue weighted by atomic mass is 10.0. The molecule has 0 saturated carbocycles. The highest BCUT2D eigenvalue weighted by atomic mass is 16.7. The number of hydrogen-bond donors (Lipinski definition) is 1.